The van der Waals surface area contributed by atoms with Gasteiger partial charge in [-0.15, -0.1) is 0 Å². The van der Waals surface area contributed by atoms with Crippen LogP contribution in [-0.2, 0) is 16.4 Å². The van der Waals surface area contributed by atoms with Gasteiger partial charge in [0.25, 0.3) is 10.0 Å². The lowest BCUT2D eigenvalue weighted by molar-refractivity contribution is 0.601. The Balaban J connectivity index is 2.01. The average Bonchev–Trinajstić information content (AvgIpc) is 2.59. The van der Waals surface area contributed by atoms with Crippen molar-refractivity contribution in [1.29, 1.82) is 0 Å². The minimum atomic E-state index is -3.56. The number of aryl methyl sites for hydroxylation is 1. The van der Waals surface area contributed by atoms with Gasteiger partial charge in [0.1, 0.15) is 0 Å². The Morgan fingerprint density at radius 3 is 2.08 bits per heavy atom. The van der Waals surface area contributed by atoms with Crippen LogP contribution >= 0.6 is 0 Å². The van der Waals surface area contributed by atoms with Crippen molar-refractivity contribution in [3.05, 3.63) is 54.1 Å². The van der Waals surface area contributed by atoms with Crippen LogP contribution in [0, 0.1) is 0 Å². The van der Waals surface area contributed by atoms with Crippen molar-refractivity contribution < 1.29 is 8.42 Å². The van der Waals surface area contributed by atoms with Crippen LogP contribution in [0.1, 0.15) is 38.2 Å². The van der Waals surface area contributed by atoms with Crippen molar-refractivity contribution in [3.8, 4) is 0 Å². The van der Waals surface area contributed by atoms with E-state index in [0.717, 1.165) is 18.5 Å². The molecule has 0 aliphatic rings. The van der Waals surface area contributed by atoms with Crippen LogP contribution in [0.4, 0.5) is 11.4 Å². The van der Waals surface area contributed by atoms with Gasteiger partial charge in [-0.2, -0.15) is 0 Å². The average molecular weight is 361 g/mol. The van der Waals surface area contributed by atoms with E-state index in [2.05, 4.69) is 11.6 Å². The molecule has 0 radical (unpaired) electrons. The van der Waals surface area contributed by atoms with Gasteiger partial charge in [-0.1, -0.05) is 38.3 Å². The van der Waals surface area contributed by atoms with Crippen LogP contribution in [0.25, 0.3) is 0 Å². The van der Waals surface area contributed by atoms with E-state index in [4.69, 9.17) is 0 Å². The highest BCUT2D eigenvalue weighted by Gasteiger charge is 2.14. The topological polar surface area (TPSA) is 49.4 Å². The molecule has 2 aromatic carbocycles. The van der Waals surface area contributed by atoms with E-state index >= 15 is 0 Å². The summed E-state index contributed by atoms with van der Waals surface area (Å²) in [5.41, 5.74) is 2.77. The largest absolute Gasteiger partial charge is 0.378 e. The Morgan fingerprint density at radius 2 is 1.52 bits per heavy atom. The molecule has 136 valence electrons. The number of unbranched alkanes of at least 4 members (excludes halogenated alkanes) is 3. The van der Waals surface area contributed by atoms with Gasteiger partial charge in [-0.25, -0.2) is 8.42 Å². The molecule has 0 aromatic heterocycles. The first-order valence-corrected chi connectivity index (χ1v) is 10.3. The highest BCUT2D eigenvalue weighted by molar-refractivity contribution is 7.92. The number of hydrogen-bond acceptors (Lipinski definition) is 3. The number of benzene rings is 2. The fraction of sp³-hybridized carbons (Fsp3) is 0.400. The third-order valence-electron chi connectivity index (χ3n) is 4.19. The zero-order chi connectivity index (χ0) is 18.3. The summed E-state index contributed by atoms with van der Waals surface area (Å²) in [6, 6.07) is 14.5. The number of sulfonamides is 1. The van der Waals surface area contributed by atoms with Crippen molar-refractivity contribution in [3.63, 3.8) is 0 Å². The Bertz CT molecular complexity index is 751. The van der Waals surface area contributed by atoms with E-state index in [0.29, 0.717) is 10.6 Å². The summed E-state index contributed by atoms with van der Waals surface area (Å²) >= 11 is 0. The van der Waals surface area contributed by atoms with E-state index in [1.54, 1.807) is 24.3 Å². The van der Waals surface area contributed by atoms with Crippen molar-refractivity contribution >= 4 is 21.4 Å². The normalized spacial score (nSPS) is 11.3. The lowest BCUT2D eigenvalue weighted by Crippen LogP contribution is -2.13. The predicted molar refractivity (Wildman–Crippen MR) is 106 cm³/mol. The first-order chi connectivity index (χ1) is 11.9. The van der Waals surface area contributed by atoms with Gasteiger partial charge < -0.3 is 4.90 Å². The third kappa shape index (κ3) is 5.78. The summed E-state index contributed by atoms with van der Waals surface area (Å²) in [5, 5.41) is 0. The number of anilines is 2. The SMILES string of the molecule is CCCCCCc1ccc(S(=O)(=O)Nc2ccc(N(C)C)cc2)cc1. The maximum Gasteiger partial charge on any atom is 0.261 e. The number of nitrogens with zero attached hydrogens (tertiary/aromatic N) is 1. The van der Waals surface area contributed by atoms with E-state index in [1.165, 1.54) is 24.8 Å². The van der Waals surface area contributed by atoms with Crippen molar-refractivity contribution in [2.45, 2.75) is 43.9 Å². The summed E-state index contributed by atoms with van der Waals surface area (Å²) in [4.78, 5) is 2.26. The molecule has 0 aliphatic heterocycles. The molecule has 2 rings (SSSR count). The standard InChI is InChI=1S/C20H28N2O2S/c1-4-5-6-7-8-17-9-15-20(16-10-17)25(23,24)21-18-11-13-19(14-12-18)22(2)3/h9-16,21H,4-8H2,1-3H3. The van der Waals surface area contributed by atoms with Crippen molar-refractivity contribution in [1.82, 2.24) is 0 Å². The molecule has 0 atom stereocenters. The molecule has 1 N–H and O–H groups in total. The second-order valence-electron chi connectivity index (χ2n) is 6.50. The van der Waals surface area contributed by atoms with E-state index in [9.17, 15) is 8.42 Å². The van der Waals surface area contributed by atoms with Gasteiger partial charge in [-0.3, -0.25) is 4.72 Å². The van der Waals surface area contributed by atoms with Crippen LogP contribution in [0.3, 0.4) is 0 Å². The second kappa shape index (κ2) is 8.90. The smallest absolute Gasteiger partial charge is 0.261 e. The van der Waals surface area contributed by atoms with Gasteiger partial charge in [0.2, 0.25) is 0 Å². The Labute approximate surface area is 151 Å². The van der Waals surface area contributed by atoms with Crippen LogP contribution in [-0.4, -0.2) is 22.5 Å². The van der Waals surface area contributed by atoms with Crippen LogP contribution < -0.4 is 9.62 Å². The molecule has 4 nitrogen and oxygen atoms in total. The van der Waals surface area contributed by atoms with Gasteiger partial charge in [-0.05, 0) is 54.8 Å². The molecule has 0 spiro atoms. The van der Waals surface area contributed by atoms with E-state index < -0.39 is 10.0 Å². The van der Waals surface area contributed by atoms with Gasteiger partial charge in [0.05, 0.1) is 4.90 Å². The number of hydrogen-bond donors (Lipinski definition) is 1. The van der Waals surface area contributed by atoms with Gasteiger partial charge >= 0.3 is 0 Å². The van der Waals surface area contributed by atoms with Gasteiger partial charge in [0, 0.05) is 25.5 Å². The molecule has 0 fully saturated rings. The lowest BCUT2D eigenvalue weighted by Gasteiger charge is -2.13. The Hall–Kier alpha value is -2.01. The second-order valence-corrected chi connectivity index (χ2v) is 8.18. The predicted octanol–water partition coefficient (Wildman–Crippen LogP) is 4.68. The minimum Gasteiger partial charge on any atom is -0.378 e. The molecule has 25 heavy (non-hydrogen) atoms. The van der Waals surface area contributed by atoms with Gasteiger partial charge in [0.15, 0.2) is 0 Å². The third-order valence-corrected chi connectivity index (χ3v) is 5.59. The monoisotopic (exact) mass is 360 g/mol. The summed E-state index contributed by atoms with van der Waals surface area (Å²) in [6.45, 7) is 2.20. The first kappa shape index (κ1) is 19.3. The summed E-state index contributed by atoms with van der Waals surface area (Å²) in [7, 11) is 0.339. The molecular weight excluding hydrogens is 332 g/mol. The fourth-order valence-electron chi connectivity index (χ4n) is 2.63. The zero-order valence-electron chi connectivity index (χ0n) is 15.3. The fourth-order valence-corrected chi connectivity index (χ4v) is 3.69. The quantitative estimate of drug-likeness (QED) is 0.661. The van der Waals surface area contributed by atoms with Crippen LogP contribution in [0.15, 0.2) is 53.4 Å². The Kier molecular flexibility index (Phi) is 6.88. The maximum absolute atomic E-state index is 12.5. The zero-order valence-corrected chi connectivity index (χ0v) is 16.1. The molecule has 5 heteroatoms. The summed E-state index contributed by atoms with van der Waals surface area (Å²) < 4.78 is 27.7. The maximum atomic E-state index is 12.5. The molecular formula is C20H28N2O2S. The molecule has 0 amide bonds. The molecule has 0 aliphatic carbocycles. The number of nitrogens with one attached hydrogen (secondary N) is 1. The molecule has 0 saturated carbocycles. The molecule has 0 bridgehead atoms. The lowest BCUT2D eigenvalue weighted by atomic mass is 10.1. The summed E-state index contributed by atoms with van der Waals surface area (Å²) in [6.07, 6.45) is 5.85. The van der Waals surface area contributed by atoms with Crippen molar-refractivity contribution in [2.75, 3.05) is 23.7 Å². The molecule has 0 unspecified atom stereocenters. The molecule has 0 saturated heterocycles. The van der Waals surface area contributed by atoms with Crippen LogP contribution in [0.2, 0.25) is 0 Å². The van der Waals surface area contributed by atoms with E-state index in [1.807, 2.05) is 43.3 Å². The highest BCUT2D eigenvalue weighted by Crippen LogP contribution is 2.20. The summed E-state index contributed by atoms with van der Waals surface area (Å²) in [5.74, 6) is 0. The molecule has 2 aromatic rings. The van der Waals surface area contributed by atoms with E-state index in [-0.39, 0.29) is 0 Å². The van der Waals surface area contributed by atoms with Crippen LogP contribution in [0.5, 0.6) is 0 Å². The van der Waals surface area contributed by atoms with Crippen molar-refractivity contribution in [2.24, 2.45) is 0 Å². The number of rotatable bonds is 9. The molecule has 0 heterocycles. The minimum absolute atomic E-state index is 0.293. The Morgan fingerprint density at radius 1 is 0.880 bits per heavy atom. The highest BCUT2D eigenvalue weighted by atomic mass is 32.2. The first-order valence-electron chi connectivity index (χ1n) is 8.81.